The summed E-state index contributed by atoms with van der Waals surface area (Å²) in [6.45, 7) is 4.19. The van der Waals surface area contributed by atoms with E-state index in [0.717, 1.165) is 25.2 Å². The van der Waals surface area contributed by atoms with Crippen molar-refractivity contribution in [2.45, 2.75) is 25.6 Å². The number of carboxylic acids is 1. The Hall–Kier alpha value is -3.20. The van der Waals surface area contributed by atoms with Crippen LogP contribution in [0, 0.1) is 6.92 Å². The summed E-state index contributed by atoms with van der Waals surface area (Å²) in [6.07, 6.45) is -2.13. The fourth-order valence-electron chi connectivity index (χ4n) is 3.24. The van der Waals surface area contributed by atoms with Gasteiger partial charge in [0.2, 0.25) is 5.95 Å². The van der Waals surface area contributed by atoms with Gasteiger partial charge >= 0.3 is 12.1 Å². The highest BCUT2D eigenvalue weighted by Crippen LogP contribution is 2.28. The lowest BCUT2D eigenvalue weighted by Gasteiger charge is -2.13. The molecular weight excluding hydrogens is 397 g/mol. The summed E-state index contributed by atoms with van der Waals surface area (Å²) >= 11 is 0. The zero-order valence-electron chi connectivity index (χ0n) is 16.2. The van der Waals surface area contributed by atoms with Gasteiger partial charge in [0, 0.05) is 24.3 Å². The van der Waals surface area contributed by atoms with Crippen LogP contribution in [0.2, 0.25) is 0 Å². The Kier molecular flexibility index (Phi) is 6.51. The molecule has 1 aromatic heterocycles. The number of benzene rings is 2. The van der Waals surface area contributed by atoms with Crippen molar-refractivity contribution in [1.82, 2.24) is 15.3 Å². The van der Waals surface area contributed by atoms with Crippen molar-refractivity contribution in [3.05, 3.63) is 54.2 Å². The van der Waals surface area contributed by atoms with Crippen LogP contribution in [-0.4, -0.2) is 46.4 Å². The van der Waals surface area contributed by atoms with Gasteiger partial charge in [-0.05, 0) is 42.3 Å². The lowest BCUT2D eigenvalue weighted by molar-refractivity contribution is -0.192. The van der Waals surface area contributed by atoms with Crippen molar-refractivity contribution in [2.24, 2.45) is 0 Å². The van der Waals surface area contributed by atoms with Crippen LogP contribution in [0.1, 0.15) is 12.0 Å². The van der Waals surface area contributed by atoms with Gasteiger partial charge in [-0.15, -0.1) is 0 Å². The van der Waals surface area contributed by atoms with Gasteiger partial charge in [0.1, 0.15) is 0 Å². The predicted octanol–water partition coefficient (Wildman–Crippen LogP) is 4.01. The Morgan fingerprint density at radius 1 is 1.20 bits per heavy atom. The molecule has 1 aliphatic heterocycles. The monoisotopic (exact) mass is 418 g/mol. The number of nitrogens with zero attached hydrogens (tertiary/aromatic N) is 2. The number of aliphatic carboxylic acids is 1. The van der Waals surface area contributed by atoms with Gasteiger partial charge in [0.05, 0.1) is 5.69 Å². The van der Waals surface area contributed by atoms with Crippen molar-refractivity contribution in [1.29, 1.82) is 0 Å². The molecule has 2 heterocycles. The van der Waals surface area contributed by atoms with Gasteiger partial charge in [-0.1, -0.05) is 36.4 Å². The average molecular weight is 418 g/mol. The van der Waals surface area contributed by atoms with Gasteiger partial charge in [-0.3, -0.25) is 0 Å². The van der Waals surface area contributed by atoms with Gasteiger partial charge in [0.25, 0.3) is 0 Å². The van der Waals surface area contributed by atoms with Crippen molar-refractivity contribution in [3.8, 4) is 11.3 Å². The summed E-state index contributed by atoms with van der Waals surface area (Å²) in [5, 5.41) is 16.4. The highest BCUT2D eigenvalue weighted by Gasteiger charge is 2.38. The second-order valence-corrected chi connectivity index (χ2v) is 6.86. The molecule has 9 heteroatoms. The molecule has 30 heavy (non-hydrogen) atoms. The molecule has 1 aliphatic rings. The van der Waals surface area contributed by atoms with Crippen LogP contribution in [0.15, 0.2) is 48.7 Å². The van der Waals surface area contributed by atoms with Crippen LogP contribution in [0.5, 0.6) is 0 Å². The molecule has 6 nitrogen and oxygen atoms in total. The Morgan fingerprint density at radius 2 is 1.93 bits per heavy atom. The van der Waals surface area contributed by atoms with Crippen molar-refractivity contribution < 1.29 is 23.1 Å². The number of fused-ring (bicyclic) bond motifs is 1. The zero-order valence-corrected chi connectivity index (χ0v) is 16.2. The minimum atomic E-state index is -5.08. The van der Waals surface area contributed by atoms with E-state index in [0.29, 0.717) is 12.0 Å². The first kappa shape index (κ1) is 21.5. The summed E-state index contributed by atoms with van der Waals surface area (Å²) in [7, 11) is 0. The second kappa shape index (κ2) is 9.08. The Balaban J connectivity index is 0.000000318. The summed E-state index contributed by atoms with van der Waals surface area (Å²) in [4.78, 5) is 18.0. The largest absolute Gasteiger partial charge is 0.490 e. The van der Waals surface area contributed by atoms with E-state index in [1.165, 1.54) is 21.9 Å². The lowest BCUT2D eigenvalue weighted by atomic mass is 9.98. The van der Waals surface area contributed by atoms with Crippen LogP contribution in [-0.2, 0) is 4.79 Å². The molecule has 0 amide bonds. The molecule has 0 aliphatic carbocycles. The van der Waals surface area contributed by atoms with Gasteiger partial charge in [-0.2, -0.15) is 13.2 Å². The molecule has 0 spiro atoms. The molecule has 1 saturated heterocycles. The number of nitrogens with one attached hydrogen (secondary N) is 2. The minimum absolute atomic E-state index is 0.419. The van der Waals surface area contributed by atoms with E-state index >= 15 is 0 Å². The minimum Gasteiger partial charge on any atom is -0.475 e. The maximum atomic E-state index is 10.6. The van der Waals surface area contributed by atoms with E-state index in [9.17, 15) is 13.2 Å². The smallest absolute Gasteiger partial charge is 0.475 e. The molecule has 4 rings (SSSR count). The molecule has 1 unspecified atom stereocenters. The number of hydrogen-bond donors (Lipinski definition) is 3. The van der Waals surface area contributed by atoms with E-state index in [1.54, 1.807) is 0 Å². The topological polar surface area (TPSA) is 87.1 Å². The Morgan fingerprint density at radius 3 is 2.60 bits per heavy atom. The van der Waals surface area contributed by atoms with E-state index < -0.39 is 12.1 Å². The predicted molar refractivity (Wildman–Crippen MR) is 108 cm³/mol. The van der Waals surface area contributed by atoms with Gasteiger partial charge in [-0.25, -0.2) is 14.8 Å². The lowest BCUT2D eigenvalue weighted by Crippen LogP contribution is -2.23. The SMILES string of the molecule is Cc1c(-c2ccnc(NC3CCNC3)n2)ccc2ccccc12.O=C(O)C(F)(F)F. The van der Waals surface area contributed by atoms with Crippen LogP contribution in [0.4, 0.5) is 19.1 Å². The molecule has 0 saturated carbocycles. The summed E-state index contributed by atoms with van der Waals surface area (Å²) < 4.78 is 31.7. The number of anilines is 1. The number of aromatic nitrogens is 2. The highest BCUT2D eigenvalue weighted by molar-refractivity contribution is 5.91. The summed E-state index contributed by atoms with van der Waals surface area (Å²) in [5.41, 5.74) is 3.39. The first-order valence-electron chi connectivity index (χ1n) is 9.35. The fourth-order valence-corrected chi connectivity index (χ4v) is 3.24. The van der Waals surface area contributed by atoms with Crippen molar-refractivity contribution >= 4 is 22.7 Å². The van der Waals surface area contributed by atoms with E-state index in [1.807, 2.05) is 12.3 Å². The zero-order chi connectivity index (χ0) is 21.7. The second-order valence-electron chi connectivity index (χ2n) is 6.86. The standard InChI is InChI=1S/C19H20N4.C2HF3O2/c1-13-16-5-3-2-4-14(16)6-7-17(13)18-9-11-21-19(23-18)22-15-8-10-20-12-15;3-2(4,5)1(6)7/h2-7,9,11,15,20H,8,10,12H2,1H3,(H,21,22,23);(H,6,7). The number of alkyl halides is 3. The van der Waals surface area contributed by atoms with Gasteiger partial charge < -0.3 is 15.7 Å². The third-order valence-electron chi connectivity index (χ3n) is 4.77. The highest BCUT2D eigenvalue weighted by atomic mass is 19.4. The van der Waals surface area contributed by atoms with E-state index in [4.69, 9.17) is 14.9 Å². The summed E-state index contributed by atoms with van der Waals surface area (Å²) in [5.74, 6) is -2.05. The third kappa shape index (κ3) is 5.24. The number of aryl methyl sites for hydroxylation is 1. The molecule has 1 atom stereocenters. The number of hydrogen-bond acceptors (Lipinski definition) is 5. The molecule has 3 aromatic rings. The Bertz CT molecular complexity index is 1030. The van der Waals surface area contributed by atoms with Crippen LogP contribution >= 0.6 is 0 Å². The quantitative estimate of drug-likeness (QED) is 0.596. The summed E-state index contributed by atoms with van der Waals surface area (Å²) in [6, 6.07) is 15.2. The van der Waals surface area contributed by atoms with E-state index in [-0.39, 0.29) is 0 Å². The van der Waals surface area contributed by atoms with Crippen LogP contribution in [0.3, 0.4) is 0 Å². The number of rotatable bonds is 3. The normalized spacial score (nSPS) is 16.1. The third-order valence-corrected chi connectivity index (χ3v) is 4.77. The number of carbonyl (C=O) groups is 1. The molecular formula is C21H21F3N4O2. The van der Waals surface area contributed by atoms with Crippen molar-refractivity contribution in [2.75, 3.05) is 18.4 Å². The first-order chi connectivity index (χ1) is 14.3. The number of halogens is 3. The molecule has 0 radical (unpaired) electrons. The van der Waals surface area contributed by atoms with Crippen LogP contribution < -0.4 is 10.6 Å². The average Bonchev–Trinajstić information content (AvgIpc) is 3.21. The molecule has 0 bridgehead atoms. The first-order valence-corrected chi connectivity index (χ1v) is 9.35. The Labute approximate surface area is 171 Å². The molecule has 3 N–H and O–H groups in total. The molecule has 2 aromatic carbocycles. The van der Waals surface area contributed by atoms with E-state index in [2.05, 4.69) is 58.9 Å². The van der Waals surface area contributed by atoms with Crippen LogP contribution in [0.25, 0.3) is 22.0 Å². The van der Waals surface area contributed by atoms with Gasteiger partial charge in [0.15, 0.2) is 0 Å². The fraction of sp³-hybridized carbons (Fsp3) is 0.286. The number of carboxylic acid groups (broad SMARTS) is 1. The maximum absolute atomic E-state index is 10.6. The molecule has 1 fully saturated rings. The van der Waals surface area contributed by atoms with Crippen molar-refractivity contribution in [3.63, 3.8) is 0 Å². The maximum Gasteiger partial charge on any atom is 0.490 e. The molecule has 158 valence electrons.